The Labute approximate surface area is 222 Å². The first-order valence-corrected chi connectivity index (χ1v) is 13.6. The van der Waals surface area contributed by atoms with E-state index in [1.54, 1.807) is 0 Å². The molecule has 1 amide bonds. The maximum absolute atomic E-state index is 13.6. The standard InChI is InChI=1S/C30H29ClN2O2S/c1-21-9-5-8-14-27(21)33-29(34)28(36-30(33)32-24-11-3-2-4-12-24)19-22-15-17-25(18-16-22)35-20-23-10-6-7-13-26(23)31/h2-4,6-7,10-13,15-19,21,27H,5,8-9,14,20H2,1H3/b28-19-,32-30?/t21-,27+/m1/s1. The van der Waals surface area contributed by atoms with Gasteiger partial charge in [-0.05, 0) is 72.5 Å². The molecule has 36 heavy (non-hydrogen) atoms. The Hall–Kier alpha value is -3.02. The number of amidine groups is 1. The van der Waals surface area contributed by atoms with E-state index in [2.05, 4.69) is 6.92 Å². The van der Waals surface area contributed by atoms with Gasteiger partial charge < -0.3 is 4.74 Å². The molecule has 2 fully saturated rings. The van der Waals surface area contributed by atoms with Crippen molar-refractivity contribution in [3.05, 3.63) is 99.9 Å². The molecule has 2 atom stereocenters. The van der Waals surface area contributed by atoms with Crippen LogP contribution in [0.15, 0.2) is 88.8 Å². The normalized spacial score (nSPS) is 22.4. The summed E-state index contributed by atoms with van der Waals surface area (Å²) >= 11 is 7.70. The highest BCUT2D eigenvalue weighted by Crippen LogP contribution is 2.40. The van der Waals surface area contributed by atoms with Crippen molar-refractivity contribution in [3.8, 4) is 5.75 Å². The van der Waals surface area contributed by atoms with E-state index in [0.29, 0.717) is 22.5 Å². The molecule has 4 nitrogen and oxygen atoms in total. The van der Waals surface area contributed by atoms with E-state index in [1.807, 2.05) is 89.8 Å². The summed E-state index contributed by atoms with van der Waals surface area (Å²) in [6.45, 7) is 2.66. The lowest BCUT2D eigenvalue weighted by Crippen LogP contribution is -2.44. The van der Waals surface area contributed by atoms with E-state index in [4.69, 9.17) is 21.3 Å². The maximum Gasteiger partial charge on any atom is 0.267 e. The predicted octanol–water partition coefficient (Wildman–Crippen LogP) is 8.10. The molecule has 0 radical (unpaired) electrons. The lowest BCUT2D eigenvalue weighted by Gasteiger charge is -2.35. The molecule has 3 aromatic rings. The van der Waals surface area contributed by atoms with Crippen molar-refractivity contribution in [1.82, 2.24) is 4.90 Å². The Bertz CT molecular complexity index is 1270. The van der Waals surface area contributed by atoms with E-state index < -0.39 is 0 Å². The van der Waals surface area contributed by atoms with Crippen LogP contribution in [0.5, 0.6) is 5.75 Å². The second-order valence-electron chi connectivity index (χ2n) is 9.29. The molecule has 1 aliphatic carbocycles. The first-order chi connectivity index (χ1) is 17.6. The zero-order valence-corrected chi connectivity index (χ0v) is 21.8. The number of carbonyl (C=O) groups excluding carboxylic acids is 1. The minimum atomic E-state index is 0.0486. The van der Waals surface area contributed by atoms with Gasteiger partial charge in [0.1, 0.15) is 12.4 Å². The van der Waals surface area contributed by atoms with E-state index in [9.17, 15) is 4.79 Å². The second kappa shape index (κ2) is 11.4. The van der Waals surface area contributed by atoms with Gasteiger partial charge in [0.25, 0.3) is 5.91 Å². The van der Waals surface area contributed by atoms with Crippen molar-refractivity contribution < 1.29 is 9.53 Å². The molecule has 1 saturated heterocycles. The molecule has 2 aliphatic rings. The Balaban J connectivity index is 1.36. The number of hydrogen-bond donors (Lipinski definition) is 0. The van der Waals surface area contributed by atoms with Gasteiger partial charge in [-0.1, -0.05) is 79.9 Å². The minimum Gasteiger partial charge on any atom is -0.489 e. The number of para-hydroxylation sites is 1. The van der Waals surface area contributed by atoms with Gasteiger partial charge in [0.2, 0.25) is 0 Å². The van der Waals surface area contributed by atoms with Crippen LogP contribution in [0.4, 0.5) is 5.69 Å². The number of amides is 1. The van der Waals surface area contributed by atoms with Crippen molar-refractivity contribution in [2.45, 2.75) is 45.3 Å². The summed E-state index contributed by atoms with van der Waals surface area (Å²) in [4.78, 5) is 21.2. The molecule has 6 heteroatoms. The zero-order chi connectivity index (χ0) is 24.9. The van der Waals surface area contributed by atoms with Crippen LogP contribution in [0.25, 0.3) is 6.08 Å². The van der Waals surface area contributed by atoms with Crippen LogP contribution in [0.2, 0.25) is 5.02 Å². The molecule has 0 aromatic heterocycles. The lowest BCUT2D eigenvalue weighted by molar-refractivity contribution is -0.124. The summed E-state index contributed by atoms with van der Waals surface area (Å²) in [5.41, 5.74) is 2.76. The van der Waals surface area contributed by atoms with Crippen LogP contribution in [-0.4, -0.2) is 22.0 Å². The molecule has 0 bridgehead atoms. The number of aliphatic imine (C=N–C) groups is 1. The van der Waals surface area contributed by atoms with E-state index in [-0.39, 0.29) is 11.9 Å². The van der Waals surface area contributed by atoms with Gasteiger partial charge in [0.15, 0.2) is 5.17 Å². The number of benzene rings is 3. The molecule has 1 saturated carbocycles. The van der Waals surface area contributed by atoms with E-state index in [1.165, 1.54) is 18.2 Å². The van der Waals surface area contributed by atoms with Crippen molar-refractivity contribution in [1.29, 1.82) is 0 Å². The van der Waals surface area contributed by atoms with Gasteiger partial charge in [0.05, 0.1) is 10.6 Å². The maximum atomic E-state index is 13.6. The molecule has 0 spiro atoms. The van der Waals surface area contributed by atoms with Gasteiger partial charge in [-0.25, -0.2) is 4.99 Å². The third-order valence-electron chi connectivity index (χ3n) is 6.75. The van der Waals surface area contributed by atoms with Gasteiger partial charge in [-0.3, -0.25) is 9.69 Å². The van der Waals surface area contributed by atoms with Crippen LogP contribution in [-0.2, 0) is 11.4 Å². The lowest BCUT2D eigenvalue weighted by atomic mass is 9.85. The summed E-state index contributed by atoms with van der Waals surface area (Å²) in [6.07, 6.45) is 6.50. The Morgan fingerprint density at radius 2 is 1.72 bits per heavy atom. The average molecular weight is 517 g/mol. The molecule has 184 valence electrons. The number of carbonyl (C=O) groups is 1. The summed E-state index contributed by atoms with van der Waals surface area (Å²) in [6, 6.07) is 25.5. The Kier molecular flexibility index (Phi) is 7.78. The minimum absolute atomic E-state index is 0.0486. The van der Waals surface area contributed by atoms with Gasteiger partial charge >= 0.3 is 0 Å². The van der Waals surface area contributed by atoms with Crippen molar-refractivity contribution in [3.63, 3.8) is 0 Å². The number of nitrogens with zero attached hydrogens (tertiary/aromatic N) is 2. The highest BCUT2D eigenvalue weighted by Gasteiger charge is 2.41. The fourth-order valence-electron chi connectivity index (χ4n) is 4.74. The topological polar surface area (TPSA) is 41.9 Å². The van der Waals surface area contributed by atoms with Crippen molar-refractivity contribution in [2.24, 2.45) is 10.9 Å². The highest BCUT2D eigenvalue weighted by molar-refractivity contribution is 8.18. The van der Waals surface area contributed by atoms with Crippen molar-refractivity contribution >= 4 is 46.2 Å². The Morgan fingerprint density at radius 1 is 1.00 bits per heavy atom. The molecule has 1 aliphatic heterocycles. The average Bonchev–Trinajstić information content (AvgIpc) is 3.19. The largest absolute Gasteiger partial charge is 0.489 e. The monoisotopic (exact) mass is 516 g/mol. The van der Waals surface area contributed by atoms with Gasteiger partial charge in [-0.15, -0.1) is 0 Å². The second-order valence-corrected chi connectivity index (χ2v) is 10.7. The Morgan fingerprint density at radius 3 is 2.47 bits per heavy atom. The molecule has 5 rings (SSSR count). The molecule has 3 aromatic carbocycles. The molecule has 0 unspecified atom stereocenters. The fraction of sp³-hybridized carbons (Fsp3) is 0.267. The molecule has 1 heterocycles. The molecular formula is C30H29ClN2O2S. The molecule has 0 N–H and O–H groups in total. The van der Waals surface area contributed by atoms with E-state index >= 15 is 0 Å². The van der Waals surface area contributed by atoms with Crippen LogP contribution in [0.3, 0.4) is 0 Å². The van der Waals surface area contributed by atoms with Gasteiger partial charge in [0, 0.05) is 16.6 Å². The van der Waals surface area contributed by atoms with E-state index in [0.717, 1.165) is 47.0 Å². The van der Waals surface area contributed by atoms with Gasteiger partial charge in [-0.2, -0.15) is 0 Å². The van der Waals surface area contributed by atoms with Crippen LogP contribution < -0.4 is 4.74 Å². The number of rotatable bonds is 6. The summed E-state index contributed by atoms with van der Waals surface area (Å²) in [7, 11) is 0. The third kappa shape index (κ3) is 5.69. The van der Waals surface area contributed by atoms with Crippen LogP contribution in [0.1, 0.15) is 43.7 Å². The fourth-order valence-corrected chi connectivity index (χ4v) is 5.97. The smallest absolute Gasteiger partial charge is 0.267 e. The zero-order valence-electron chi connectivity index (χ0n) is 20.3. The number of halogens is 1. The first-order valence-electron chi connectivity index (χ1n) is 12.4. The predicted molar refractivity (Wildman–Crippen MR) is 150 cm³/mol. The summed E-state index contributed by atoms with van der Waals surface area (Å²) < 4.78 is 5.91. The van der Waals surface area contributed by atoms with Crippen molar-refractivity contribution in [2.75, 3.05) is 0 Å². The SMILES string of the molecule is C[C@@H]1CCCC[C@@H]1N1C(=O)/C(=C/c2ccc(OCc3ccccc3Cl)cc2)SC1=Nc1ccccc1. The number of hydrogen-bond acceptors (Lipinski definition) is 4. The number of thioether (sulfide) groups is 1. The first kappa shape index (κ1) is 24.7. The van der Waals surface area contributed by atoms with Crippen LogP contribution in [0, 0.1) is 5.92 Å². The summed E-state index contributed by atoms with van der Waals surface area (Å²) in [5, 5.41) is 1.47. The van der Waals surface area contributed by atoms with Crippen LogP contribution >= 0.6 is 23.4 Å². The summed E-state index contributed by atoms with van der Waals surface area (Å²) in [5.74, 6) is 1.26. The molecular weight excluding hydrogens is 488 g/mol. The third-order valence-corrected chi connectivity index (χ3v) is 8.10. The number of ether oxygens (including phenoxy) is 1. The quantitative estimate of drug-likeness (QED) is 0.311. The highest BCUT2D eigenvalue weighted by atomic mass is 35.5.